The van der Waals surface area contributed by atoms with Gasteiger partial charge in [0, 0.05) is 5.56 Å². The zero-order chi connectivity index (χ0) is 18.1. The number of anilines is 1. The van der Waals surface area contributed by atoms with Crippen LogP contribution in [0.4, 0.5) is 5.95 Å². The lowest BCUT2D eigenvalue weighted by atomic mass is 9.92. The Morgan fingerprint density at radius 2 is 1.88 bits per heavy atom. The first-order chi connectivity index (χ1) is 12.7. The Kier molecular flexibility index (Phi) is 4.24. The van der Waals surface area contributed by atoms with Crippen LogP contribution in [0.15, 0.2) is 48.8 Å². The maximum absolute atomic E-state index is 5.66. The highest BCUT2D eigenvalue weighted by atomic mass is 16.5. The average Bonchev–Trinajstić information content (AvgIpc) is 3.15. The van der Waals surface area contributed by atoms with Crippen LogP contribution in [0, 0.1) is 6.92 Å². The highest BCUT2D eigenvalue weighted by Crippen LogP contribution is 2.43. The zero-order valence-electron chi connectivity index (χ0n) is 15.1. The molecule has 3 aromatic rings. The van der Waals surface area contributed by atoms with Gasteiger partial charge < -0.3 is 14.8 Å². The van der Waals surface area contributed by atoms with Gasteiger partial charge in [0.1, 0.15) is 6.33 Å². The summed E-state index contributed by atoms with van der Waals surface area (Å²) in [6, 6.07) is 14.7. The second kappa shape index (κ2) is 6.71. The van der Waals surface area contributed by atoms with Gasteiger partial charge >= 0.3 is 0 Å². The second-order valence-corrected chi connectivity index (χ2v) is 6.47. The third kappa shape index (κ3) is 2.77. The molecule has 1 aliphatic rings. The largest absolute Gasteiger partial charge is 0.493 e. The monoisotopic (exact) mass is 350 g/mol. The van der Waals surface area contributed by atoms with E-state index in [1.54, 1.807) is 20.5 Å². The van der Waals surface area contributed by atoms with Crippen molar-refractivity contribution in [3.05, 3.63) is 65.5 Å². The van der Waals surface area contributed by atoms with Crippen molar-refractivity contribution in [1.29, 1.82) is 0 Å². The zero-order valence-corrected chi connectivity index (χ0v) is 15.1. The molecule has 0 bridgehead atoms. The number of hydrogen-bond acceptors (Lipinski definition) is 5. The minimum atomic E-state index is 0.00473. The van der Waals surface area contributed by atoms with Gasteiger partial charge in [0.2, 0.25) is 5.95 Å². The Hall–Kier alpha value is -3.02. The minimum Gasteiger partial charge on any atom is -0.493 e. The summed E-state index contributed by atoms with van der Waals surface area (Å²) in [5.41, 5.74) is 3.52. The van der Waals surface area contributed by atoms with Gasteiger partial charge in [0.25, 0.3) is 0 Å². The fourth-order valence-electron chi connectivity index (χ4n) is 3.57. The predicted octanol–water partition coefficient (Wildman–Crippen LogP) is 3.75. The lowest BCUT2D eigenvalue weighted by Gasteiger charge is -2.32. The van der Waals surface area contributed by atoms with Crippen LogP contribution < -0.4 is 14.8 Å². The van der Waals surface area contributed by atoms with Gasteiger partial charge in [0.15, 0.2) is 11.5 Å². The maximum atomic E-state index is 5.66. The molecule has 0 unspecified atom stereocenters. The topological polar surface area (TPSA) is 61.2 Å². The summed E-state index contributed by atoms with van der Waals surface area (Å²) < 4.78 is 13.1. The molecule has 0 aliphatic carbocycles. The number of fused-ring (bicyclic) bond motifs is 1. The summed E-state index contributed by atoms with van der Waals surface area (Å²) in [4.78, 5) is 4.39. The van der Waals surface area contributed by atoms with E-state index < -0.39 is 0 Å². The number of methoxy groups -OCH3 is 2. The van der Waals surface area contributed by atoms with Crippen LogP contribution in [0.25, 0.3) is 0 Å². The number of aryl methyl sites for hydroxylation is 1. The molecule has 26 heavy (non-hydrogen) atoms. The molecule has 6 heteroatoms. The van der Waals surface area contributed by atoms with Gasteiger partial charge in [-0.05, 0) is 25.0 Å². The van der Waals surface area contributed by atoms with E-state index in [0.717, 1.165) is 29.4 Å². The van der Waals surface area contributed by atoms with Crippen molar-refractivity contribution in [3.8, 4) is 11.5 Å². The molecule has 0 saturated carbocycles. The predicted molar refractivity (Wildman–Crippen MR) is 99.9 cm³/mol. The third-order valence-electron chi connectivity index (χ3n) is 4.90. The molecule has 134 valence electrons. The first kappa shape index (κ1) is 16.4. The summed E-state index contributed by atoms with van der Waals surface area (Å²) in [6.45, 7) is 2.10. The highest BCUT2D eigenvalue weighted by Gasteiger charge is 2.32. The van der Waals surface area contributed by atoms with Crippen molar-refractivity contribution >= 4 is 5.95 Å². The molecular formula is C20H22N4O2. The van der Waals surface area contributed by atoms with Crippen LogP contribution in [0.2, 0.25) is 0 Å². The van der Waals surface area contributed by atoms with E-state index >= 15 is 0 Å². The van der Waals surface area contributed by atoms with Crippen molar-refractivity contribution in [3.63, 3.8) is 0 Å². The molecule has 1 aliphatic heterocycles. The van der Waals surface area contributed by atoms with E-state index in [-0.39, 0.29) is 12.1 Å². The second-order valence-electron chi connectivity index (χ2n) is 6.47. The minimum absolute atomic E-state index is 0.00473. The molecule has 2 atom stereocenters. The smallest absolute Gasteiger partial charge is 0.222 e. The van der Waals surface area contributed by atoms with Crippen LogP contribution in [0.5, 0.6) is 11.5 Å². The molecule has 0 amide bonds. The normalized spacial score (nSPS) is 18.7. The fourth-order valence-corrected chi connectivity index (χ4v) is 3.57. The molecule has 2 aromatic carbocycles. The van der Waals surface area contributed by atoms with Crippen LogP contribution in [-0.2, 0) is 0 Å². The number of hydrogen-bond donors (Lipinski definition) is 1. The summed E-state index contributed by atoms with van der Waals surface area (Å²) in [7, 11) is 3.32. The fraction of sp³-hybridized carbons (Fsp3) is 0.300. The van der Waals surface area contributed by atoms with E-state index in [1.165, 1.54) is 11.1 Å². The standard InChI is InChI=1S/C20H22N4O2/c1-13-7-9-14(10-8-13)16-11-17(24-20(23-16)21-12-22-24)15-5-4-6-18(25-2)19(15)26-3/h4-10,12,16-17H,11H2,1-3H3,(H,21,22,23)/t16-,17-/m0/s1. The molecule has 6 nitrogen and oxygen atoms in total. The molecule has 2 heterocycles. The van der Waals surface area contributed by atoms with Crippen molar-refractivity contribution < 1.29 is 9.47 Å². The van der Waals surface area contributed by atoms with E-state index in [2.05, 4.69) is 52.7 Å². The summed E-state index contributed by atoms with van der Waals surface area (Å²) in [5.74, 6) is 2.22. The number of aromatic nitrogens is 3. The summed E-state index contributed by atoms with van der Waals surface area (Å²) >= 11 is 0. The lowest BCUT2D eigenvalue weighted by molar-refractivity contribution is 0.340. The Bertz CT molecular complexity index is 904. The van der Waals surface area contributed by atoms with E-state index in [0.29, 0.717) is 0 Å². The number of nitrogens with zero attached hydrogens (tertiary/aromatic N) is 3. The van der Waals surface area contributed by atoms with Crippen molar-refractivity contribution in [1.82, 2.24) is 14.8 Å². The van der Waals surface area contributed by atoms with E-state index in [9.17, 15) is 0 Å². The quantitative estimate of drug-likeness (QED) is 0.776. The SMILES string of the molecule is COc1cccc([C@@H]2C[C@@H](c3ccc(C)cc3)Nc3ncnn32)c1OC. The molecule has 0 radical (unpaired) electrons. The number of nitrogens with one attached hydrogen (secondary N) is 1. The number of rotatable bonds is 4. The van der Waals surface area contributed by atoms with Crippen LogP contribution >= 0.6 is 0 Å². The van der Waals surface area contributed by atoms with Crippen LogP contribution in [0.1, 0.15) is 35.2 Å². The molecule has 0 spiro atoms. The molecule has 0 fully saturated rings. The molecule has 1 aromatic heterocycles. The Balaban J connectivity index is 1.78. The Morgan fingerprint density at radius 3 is 2.62 bits per heavy atom. The van der Waals surface area contributed by atoms with Crippen LogP contribution in [-0.4, -0.2) is 29.0 Å². The Morgan fingerprint density at radius 1 is 1.08 bits per heavy atom. The number of para-hydroxylation sites is 1. The van der Waals surface area contributed by atoms with Gasteiger partial charge in [-0.1, -0.05) is 42.0 Å². The van der Waals surface area contributed by atoms with Gasteiger partial charge in [0.05, 0.1) is 26.3 Å². The van der Waals surface area contributed by atoms with E-state index in [4.69, 9.17) is 9.47 Å². The Labute approximate surface area is 152 Å². The maximum Gasteiger partial charge on any atom is 0.222 e. The van der Waals surface area contributed by atoms with E-state index in [1.807, 2.05) is 16.8 Å². The van der Waals surface area contributed by atoms with Gasteiger partial charge in [-0.2, -0.15) is 10.1 Å². The lowest BCUT2D eigenvalue weighted by Crippen LogP contribution is -2.28. The average molecular weight is 350 g/mol. The van der Waals surface area contributed by atoms with Crippen molar-refractivity contribution in [2.45, 2.75) is 25.4 Å². The van der Waals surface area contributed by atoms with Gasteiger partial charge in [-0.3, -0.25) is 0 Å². The summed E-state index contributed by atoms with van der Waals surface area (Å²) in [6.07, 6.45) is 2.42. The van der Waals surface area contributed by atoms with Crippen molar-refractivity contribution in [2.24, 2.45) is 0 Å². The summed E-state index contributed by atoms with van der Waals surface area (Å²) in [5, 5.41) is 7.93. The number of ether oxygens (including phenoxy) is 2. The molecule has 1 N–H and O–H groups in total. The first-order valence-electron chi connectivity index (χ1n) is 8.64. The molecular weight excluding hydrogens is 328 g/mol. The number of benzene rings is 2. The third-order valence-corrected chi connectivity index (χ3v) is 4.90. The van der Waals surface area contributed by atoms with Crippen molar-refractivity contribution in [2.75, 3.05) is 19.5 Å². The molecule has 0 saturated heterocycles. The molecule has 4 rings (SSSR count). The highest BCUT2D eigenvalue weighted by molar-refractivity contribution is 5.50. The van der Waals surface area contributed by atoms with Gasteiger partial charge in [-0.15, -0.1) is 0 Å². The van der Waals surface area contributed by atoms with Crippen LogP contribution in [0.3, 0.4) is 0 Å². The van der Waals surface area contributed by atoms with Gasteiger partial charge in [-0.25, -0.2) is 4.68 Å². The first-order valence-corrected chi connectivity index (χ1v) is 8.64.